The number of rotatable bonds is 5. The Kier molecular flexibility index (Phi) is 6.07. The maximum Gasteiger partial charge on any atom is 0.373 e. The van der Waals surface area contributed by atoms with Crippen LogP contribution in [0, 0.1) is 27.7 Å². The van der Waals surface area contributed by atoms with E-state index in [1.54, 1.807) is 12.1 Å². The molecule has 4 rings (SSSR count). The van der Waals surface area contributed by atoms with E-state index in [0.29, 0.717) is 12.3 Å². The van der Waals surface area contributed by atoms with Crippen molar-refractivity contribution >= 4 is 21.9 Å². The summed E-state index contributed by atoms with van der Waals surface area (Å²) in [5, 5.41) is 4.94. The molecule has 0 saturated heterocycles. The second-order valence-corrected chi connectivity index (χ2v) is 8.82. The summed E-state index contributed by atoms with van der Waals surface area (Å²) in [6.07, 6.45) is 0. The molecule has 0 bridgehead atoms. The molecule has 4 aromatic rings. The predicted molar refractivity (Wildman–Crippen MR) is 129 cm³/mol. The van der Waals surface area contributed by atoms with Gasteiger partial charge in [-0.05, 0) is 90.1 Å². The summed E-state index contributed by atoms with van der Waals surface area (Å²) in [7, 11) is 1.34. The molecule has 6 heteroatoms. The van der Waals surface area contributed by atoms with E-state index in [1.165, 1.54) is 29.4 Å². The van der Waals surface area contributed by atoms with Gasteiger partial charge in [0.05, 0.1) is 23.8 Å². The lowest BCUT2D eigenvalue weighted by Gasteiger charge is -2.09. The summed E-state index contributed by atoms with van der Waals surface area (Å²) in [5.41, 5.74) is 8.81. The van der Waals surface area contributed by atoms with Gasteiger partial charge in [-0.15, -0.1) is 0 Å². The Balaban J connectivity index is 1.84. The van der Waals surface area contributed by atoms with Crippen molar-refractivity contribution in [2.24, 2.45) is 0 Å². The fourth-order valence-corrected chi connectivity index (χ4v) is 4.35. The zero-order valence-corrected chi connectivity index (χ0v) is 20.4. The molecule has 0 radical (unpaired) electrons. The maximum atomic E-state index is 11.8. The number of esters is 1. The molecule has 0 amide bonds. The minimum absolute atomic E-state index is 0.177. The van der Waals surface area contributed by atoms with E-state index in [1.807, 2.05) is 4.68 Å². The molecular weight excluding hydrogens is 468 g/mol. The molecular formula is C26H25BrN2O3. The van der Waals surface area contributed by atoms with E-state index >= 15 is 0 Å². The number of nitrogens with zero attached hydrogens (tertiary/aromatic N) is 2. The van der Waals surface area contributed by atoms with Gasteiger partial charge in [-0.3, -0.25) is 4.68 Å². The number of aryl methyl sites for hydroxylation is 4. The summed E-state index contributed by atoms with van der Waals surface area (Å²) in [4.78, 5) is 11.8. The van der Waals surface area contributed by atoms with Gasteiger partial charge in [0.1, 0.15) is 11.5 Å². The van der Waals surface area contributed by atoms with Gasteiger partial charge in [0, 0.05) is 11.1 Å². The molecule has 0 aliphatic heterocycles. The largest absolute Gasteiger partial charge is 0.463 e. The number of carbonyl (C=O) groups excluding carboxylic acids is 1. The Bertz CT molecular complexity index is 1320. The molecule has 164 valence electrons. The third kappa shape index (κ3) is 4.15. The predicted octanol–water partition coefficient (Wildman–Crippen LogP) is 6.64. The number of carbonyl (C=O) groups is 1. The second-order valence-electron chi connectivity index (χ2n) is 8.02. The van der Waals surface area contributed by atoms with Gasteiger partial charge in [-0.1, -0.05) is 24.3 Å². The summed E-state index contributed by atoms with van der Waals surface area (Å²) >= 11 is 3.83. The van der Waals surface area contributed by atoms with Crippen LogP contribution in [0.4, 0.5) is 0 Å². The number of hydrogen-bond donors (Lipinski definition) is 0. The quantitative estimate of drug-likeness (QED) is 0.293. The lowest BCUT2D eigenvalue weighted by atomic mass is 10.0. The van der Waals surface area contributed by atoms with Gasteiger partial charge in [0.25, 0.3) is 0 Å². The van der Waals surface area contributed by atoms with E-state index in [0.717, 1.165) is 27.0 Å². The second kappa shape index (κ2) is 8.79. The molecule has 5 nitrogen and oxygen atoms in total. The summed E-state index contributed by atoms with van der Waals surface area (Å²) in [6, 6.07) is 16.1. The zero-order chi connectivity index (χ0) is 23.0. The van der Waals surface area contributed by atoms with Crippen molar-refractivity contribution in [2.75, 3.05) is 7.11 Å². The number of methoxy groups -OCH3 is 1. The molecule has 0 N–H and O–H groups in total. The number of halogens is 1. The molecule has 2 aromatic heterocycles. The van der Waals surface area contributed by atoms with Gasteiger partial charge >= 0.3 is 5.97 Å². The first-order chi connectivity index (χ1) is 15.3. The van der Waals surface area contributed by atoms with Gasteiger partial charge in [0.2, 0.25) is 5.76 Å². The Morgan fingerprint density at radius 1 is 0.938 bits per heavy atom. The average Bonchev–Trinajstić information content (AvgIpc) is 3.36. The van der Waals surface area contributed by atoms with Crippen LogP contribution in [0.5, 0.6) is 0 Å². The third-order valence-electron chi connectivity index (χ3n) is 5.81. The first-order valence-electron chi connectivity index (χ1n) is 10.4. The van der Waals surface area contributed by atoms with E-state index in [9.17, 15) is 4.79 Å². The van der Waals surface area contributed by atoms with E-state index in [-0.39, 0.29) is 5.76 Å². The van der Waals surface area contributed by atoms with Crippen LogP contribution < -0.4 is 0 Å². The Morgan fingerprint density at radius 2 is 1.56 bits per heavy atom. The average molecular weight is 493 g/mol. The number of hydrogen-bond acceptors (Lipinski definition) is 4. The monoisotopic (exact) mass is 492 g/mol. The van der Waals surface area contributed by atoms with Crippen LogP contribution in [0.15, 0.2) is 57.4 Å². The maximum absolute atomic E-state index is 11.8. The van der Waals surface area contributed by atoms with Crippen LogP contribution in [0.3, 0.4) is 0 Å². The summed E-state index contributed by atoms with van der Waals surface area (Å²) < 4.78 is 13.3. The van der Waals surface area contributed by atoms with Gasteiger partial charge in [-0.25, -0.2) is 4.79 Å². The van der Waals surface area contributed by atoms with Crippen molar-refractivity contribution in [3.8, 4) is 22.5 Å². The van der Waals surface area contributed by atoms with Gasteiger partial charge in [0.15, 0.2) is 0 Å². The highest BCUT2D eigenvalue weighted by molar-refractivity contribution is 9.10. The van der Waals surface area contributed by atoms with Crippen molar-refractivity contribution in [3.63, 3.8) is 0 Å². The smallest absolute Gasteiger partial charge is 0.373 e. The molecule has 0 saturated carbocycles. The minimum Gasteiger partial charge on any atom is -0.463 e. The number of benzene rings is 2. The normalized spacial score (nSPS) is 11.1. The van der Waals surface area contributed by atoms with Crippen LogP contribution in [-0.4, -0.2) is 22.9 Å². The lowest BCUT2D eigenvalue weighted by molar-refractivity contribution is 0.0563. The Labute approximate surface area is 196 Å². The molecule has 0 aliphatic carbocycles. The van der Waals surface area contributed by atoms with Crippen molar-refractivity contribution in [2.45, 2.75) is 34.2 Å². The molecule has 0 spiro atoms. The van der Waals surface area contributed by atoms with E-state index in [4.69, 9.17) is 14.3 Å². The van der Waals surface area contributed by atoms with Crippen molar-refractivity contribution < 1.29 is 13.9 Å². The Morgan fingerprint density at radius 3 is 2.19 bits per heavy atom. The van der Waals surface area contributed by atoms with Crippen molar-refractivity contribution in [1.82, 2.24) is 9.78 Å². The van der Waals surface area contributed by atoms with Crippen LogP contribution >= 0.6 is 15.9 Å². The Hall–Kier alpha value is -3.12. The van der Waals surface area contributed by atoms with Crippen molar-refractivity contribution in [3.05, 3.63) is 86.8 Å². The summed E-state index contributed by atoms with van der Waals surface area (Å²) in [5.74, 6) is 0.302. The third-order valence-corrected chi connectivity index (χ3v) is 6.56. The molecule has 0 atom stereocenters. The van der Waals surface area contributed by atoms with E-state index < -0.39 is 5.97 Å². The highest BCUT2D eigenvalue weighted by atomic mass is 79.9. The molecule has 0 unspecified atom stereocenters. The highest BCUT2D eigenvalue weighted by Crippen LogP contribution is 2.38. The van der Waals surface area contributed by atoms with Gasteiger partial charge < -0.3 is 9.15 Å². The van der Waals surface area contributed by atoms with Gasteiger partial charge in [-0.2, -0.15) is 5.10 Å². The molecule has 0 fully saturated rings. The van der Waals surface area contributed by atoms with Crippen LogP contribution in [0.2, 0.25) is 0 Å². The van der Waals surface area contributed by atoms with Crippen molar-refractivity contribution in [1.29, 1.82) is 0 Å². The molecule has 2 heterocycles. The summed E-state index contributed by atoms with van der Waals surface area (Å²) in [6.45, 7) is 8.78. The number of furan rings is 1. The first kappa shape index (κ1) is 22.1. The molecule has 32 heavy (non-hydrogen) atoms. The molecule has 0 aliphatic rings. The SMILES string of the molecule is COC(=O)c1ccc(Cn2nc(-c3ccc(C)c(C)c3)c(Br)c2-c2ccc(C)c(C)c2)o1. The molecule has 2 aromatic carbocycles. The van der Waals surface area contributed by atoms with Crippen LogP contribution in [0.1, 0.15) is 38.6 Å². The standard InChI is InChI=1S/C26H25BrN2O3/c1-15-6-8-19(12-17(15)3)24-23(27)25(20-9-7-16(2)18(4)13-20)29(28-24)14-21-10-11-22(32-21)26(30)31-5/h6-13H,14H2,1-5H3. The lowest BCUT2D eigenvalue weighted by Crippen LogP contribution is -2.04. The van der Waals surface area contributed by atoms with Crippen LogP contribution in [0.25, 0.3) is 22.5 Å². The van der Waals surface area contributed by atoms with Crippen LogP contribution in [-0.2, 0) is 11.3 Å². The first-order valence-corrected chi connectivity index (χ1v) is 11.2. The zero-order valence-electron chi connectivity index (χ0n) is 18.8. The number of ether oxygens (including phenoxy) is 1. The number of aromatic nitrogens is 2. The fraction of sp³-hybridized carbons (Fsp3) is 0.231. The highest BCUT2D eigenvalue weighted by Gasteiger charge is 2.21. The topological polar surface area (TPSA) is 57.3 Å². The minimum atomic E-state index is -0.497. The fourth-order valence-electron chi connectivity index (χ4n) is 3.61. The van der Waals surface area contributed by atoms with E-state index in [2.05, 4.69) is 80.0 Å².